The van der Waals surface area contributed by atoms with E-state index in [9.17, 15) is 26.8 Å². The number of nitrogens with one attached hydrogen (secondary N) is 2. The first kappa shape index (κ1) is 31.6. The molecule has 0 radical (unpaired) electrons. The van der Waals surface area contributed by atoms with Gasteiger partial charge in [0.05, 0.1) is 28.0 Å². The number of aromatic nitrogens is 2. The first-order chi connectivity index (χ1) is 22.1. The summed E-state index contributed by atoms with van der Waals surface area (Å²) < 4.78 is 65.8. The number of amides is 1. The van der Waals surface area contributed by atoms with Gasteiger partial charge in [-0.3, -0.25) is 9.69 Å². The molecule has 0 aliphatic carbocycles. The molecule has 14 heteroatoms. The fraction of sp³-hybridized carbons (Fsp3) is 0.344. The summed E-state index contributed by atoms with van der Waals surface area (Å²) in [6.45, 7) is 4.01. The number of sulfone groups is 1. The number of rotatable bonds is 8. The van der Waals surface area contributed by atoms with Gasteiger partial charge in [-0.05, 0) is 86.8 Å². The van der Waals surface area contributed by atoms with Gasteiger partial charge in [0.25, 0.3) is 5.91 Å². The summed E-state index contributed by atoms with van der Waals surface area (Å²) >= 11 is 0. The minimum Gasteiger partial charge on any atom is -0.451 e. The Kier molecular flexibility index (Phi) is 9.02. The normalized spacial score (nSPS) is 16.1. The molecule has 2 saturated heterocycles. The Hall–Kier alpha value is -4.40. The summed E-state index contributed by atoms with van der Waals surface area (Å²) in [5, 5.41) is 10.6. The Morgan fingerprint density at radius 3 is 2.39 bits per heavy atom. The molecule has 0 bridgehead atoms. The van der Waals surface area contributed by atoms with Crippen LogP contribution >= 0.6 is 0 Å². The third-order valence-electron chi connectivity index (χ3n) is 8.20. The molecule has 6 rings (SSSR count). The fourth-order valence-corrected chi connectivity index (χ4v) is 7.17. The molecule has 3 aromatic carbocycles. The van der Waals surface area contributed by atoms with Crippen LogP contribution in [0.1, 0.15) is 41.6 Å². The molecule has 0 spiro atoms. The number of likely N-dealkylation sites (tertiary alicyclic amines) is 1. The highest BCUT2D eigenvalue weighted by Crippen LogP contribution is 2.31. The van der Waals surface area contributed by atoms with E-state index >= 15 is 0 Å². The summed E-state index contributed by atoms with van der Waals surface area (Å²) in [6.07, 6.45) is 2.99. The van der Waals surface area contributed by atoms with E-state index in [1.807, 2.05) is 12.1 Å². The predicted molar refractivity (Wildman–Crippen MR) is 166 cm³/mol. The average molecular weight is 654 g/mol. The van der Waals surface area contributed by atoms with Crippen molar-refractivity contribution in [2.45, 2.75) is 48.1 Å². The van der Waals surface area contributed by atoms with Crippen LogP contribution in [0.2, 0.25) is 0 Å². The molecule has 1 amide bonds. The molecule has 2 fully saturated rings. The Bertz CT molecular complexity index is 1880. The molecule has 46 heavy (non-hydrogen) atoms. The highest BCUT2D eigenvalue weighted by Gasteiger charge is 2.26. The first-order valence-corrected chi connectivity index (χ1v) is 16.4. The van der Waals surface area contributed by atoms with Crippen molar-refractivity contribution in [2.24, 2.45) is 0 Å². The lowest BCUT2D eigenvalue weighted by molar-refractivity contribution is 0.0904. The van der Waals surface area contributed by atoms with Crippen LogP contribution in [0.4, 0.5) is 25.1 Å². The zero-order valence-corrected chi connectivity index (χ0v) is 25.9. The molecule has 2 aliphatic heterocycles. The third kappa shape index (κ3) is 6.59. The van der Waals surface area contributed by atoms with Gasteiger partial charge in [0.1, 0.15) is 11.6 Å². The molecular formula is C32H33F2N5O6S. The molecule has 0 unspecified atom stereocenters. The Balaban J connectivity index is 1.37. The van der Waals surface area contributed by atoms with Crippen LogP contribution in [-0.2, 0) is 25.9 Å². The monoisotopic (exact) mass is 653 g/mol. The number of carbonyl (C=O) groups excluding carboxylic acids is 2. The molecule has 242 valence electrons. The van der Waals surface area contributed by atoms with Crippen molar-refractivity contribution < 1.29 is 36.3 Å². The number of hydrogen-bond donors (Lipinski definition) is 2. The van der Waals surface area contributed by atoms with Gasteiger partial charge >= 0.3 is 6.09 Å². The summed E-state index contributed by atoms with van der Waals surface area (Å²) in [4.78, 5) is 27.9. The van der Waals surface area contributed by atoms with Crippen molar-refractivity contribution >= 4 is 44.2 Å². The lowest BCUT2D eigenvalue weighted by Crippen LogP contribution is -2.29. The van der Waals surface area contributed by atoms with Gasteiger partial charge in [-0.15, -0.1) is 5.10 Å². The zero-order chi connectivity index (χ0) is 32.4. The fourth-order valence-electron chi connectivity index (χ4n) is 5.84. The van der Waals surface area contributed by atoms with E-state index in [1.165, 1.54) is 18.2 Å². The molecule has 0 saturated carbocycles. The molecule has 3 heterocycles. The molecule has 0 atom stereocenters. The summed E-state index contributed by atoms with van der Waals surface area (Å²) in [6, 6.07) is 11.4. The second kappa shape index (κ2) is 13.1. The van der Waals surface area contributed by atoms with Crippen LogP contribution in [0.3, 0.4) is 0 Å². The number of hydrogen-bond acceptors (Lipinski definition) is 9. The molecule has 2 aliphatic rings. The van der Waals surface area contributed by atoms with Crippen molar-refractivity contribution in [1.82, 2.24) is 14.7 Å². The second-order valence-electron chi connectivity index (χ2n) is 11.4. The molecular weight excluding hydrogens is 620 g/mol. The molecule has 1 aromatic heterocycles. The number of nitrogens with zero attached hydrogens (tertiary/aromatic N) is 3. The van der Waals surface area contributed by atoms with E-state index < -0.39 is 38.4 Å². The first-order valence-electron chi connectivity index (χ1n) is 15.0. The van der Waals surface area contributed by atoms with Gasteiger partial charge in [-0.1, -0.05) is 6.07 Å². The van der Waals surface area contributed by atoms with Crippen LogP contribution in [0.5, 0.6) is 0 Å². The number of ether oxygens (including phenoxy) is 2. The van der Waals surface area contributed by atoms with E-state index in [0.29, 0.717) is 42.7 Å². The largest absolute Gasteiger partial charge is 0.451 e. The highest BCUT2D eigenvalue weighted by molar-refractivity contribution is 7.91. The quantitative estimate of drug-likeness (QED) is 0.263. The van der Waals surface area contributed by atoms with Crippen LogP contribution in [0.25, 0.3) is 10.9 Å². The van der Waals surface area contributed by atoms with Gasteiger partial charge in [-0.25, -0.2) is 22.0 Å². The summed E-state index contributed by atoms with van der Waals surface area (Å²) in [7, 11) is -3.24. The smallest absolute Gasteiger partial charge is 0.435 e. The number of anilines is 2. The van der Waals surface area contributed by atoms with Crippen LogP contribution < -0.4 is 10.6 Å². The SMILES string of the molecule is COC(=O)n1nc(NC(=O)c2ccc(CN3CCCC3)cc2NC2CCOCC2)c2cc(S(=O)(=O)c3cc(F)cc(F)c3)ccc21. The van der Waals surface area contributed by atoms with Crippen molar-refractivity contribution in [3.8, 4) is 0 Å². The van der Waals surface area contributed by atoms with Gasteiger partial charge in [0, 0.05) is 42.9 Å². The lowest BCUT2D eigenvalue weighted by Gasteiger charge is -2.26. The Morgan fingerprint density at radius 1 is 0.978 bits per heavy atom. The number of halogens is 2. The maximum absolute atomic E-state index is 13.9. The average Bonchev–Trinajstić information content (AvgIpc) is 3.68. The van der Waals surface area contributed by atoms with E-state index in [0.717, 1.165) is 62.7 Å². The molecule has 2 N–H and O–H groups in total. The number of carbonyl (C=O) groups is 2. The van der Waals surface area contributed by atoms with Gasteiger partial charge in [0.2, 0.25) is 9.84 Å². The molecule has 4 aromatic rings. The maximum Gasteiger partial charge on any atom is 0.435 e. The van der Waals surface area contributed by atoms with Crippen molar-refractivity contribution in [1.29, 1.82) is 0 Å². The third-order valence-corrected chi connectivity index (χ3v) is 9.93. The topological polar surface area (TPSA) is 132 Å². The van der Waals surface area contributed by atoms with Crippen LogP contribution in [-0.4, -0.2) is 74.6 Å². The Morgan fingerprint density at radius 2 is 1.70 bits per heavy atom. The van der Waals surface area contributed by atoms with Crippen LogP contribution in [0, 0.1) is 11.6 Å². The lowest BCUT2D eigenvalue weighted by atomic mass is 10.0. The summed E-state index contributed by atoms with van der Waals surface area (Å²) in [5.74, 6) is -2.75. The highest BCUT2D eigenvalue weighted by atomic mass is 32.2. The van der Waals surface area contributed by atoms with E-state index in [1.54, 1.807) is 6.07 Å². The maximum atomic E-state index is 13.9. The van der Waals surface area contributed by atoms with Gasteiger partial charge in [0.15, 0.2) is 5.82 Å². The minimum atomic E-state index is -4.40. The Labute approximate surface area is 264 Å². The predicted octanol–water partition coefficient (Wildman–Crippen LogP) is 5.20. The van der Waals surface area contributed by atoms with E-state index in [-0.39, 0.29) is 27.7 Å². The zero-order valence-electron chi connectivity index (χ0n) is 25.1. The number of benzene rings is 3. The standard InChI is InChI=1S/C32H33F2N5O6S/c1-44-32(41)39-29-7-5-24(46(42,43)25-16-21(33)15-22(34)17-25)18-27(29)30(37-39)36-31(40)26-6-4-20(19-38-10-2-3-11-38)14-28(26)35-23-8-12-45-13-9-23/h4-7,14-18,23,35H,2-3,8-13,19H2,1H3,(H,36,37,40). The minimum absolute atomic E-state index is 0.0984. The van der Waals surface area contributed by atoms with Crippen LogP contribution in [0.15, 0.2) is 64.4 Å². The van der Waals surface area contributed by atoms with E-state index in [4.69, 9.17) is 9.47 Å². The van der Waals surface area contributed by atoms with Gasteiger partial charge in [-0.2, -0.15) is 4.68 Å². The number of methoxy groups -OCH3 is 1. The van der Waals surface area contributed by atoms with E-state index in [2.05, 4.69) is 20.6 Å². The van der Waals surface area contributed by atoms with Gasteiger partial charge < -0.3 is 20.1 Å². The molecule has 11 nitrogen and oxygen atoms in total. The van der Waals surface area contributed by atoms with Crippen molar-refractivity contribution in [3.05, 3.63) is 77.4 Å². The number of fused-ring (bicyclic) bond motifs is 1. The van der Waals surface area contributed by atoms with Crippen molar-refractivity contribution in [2.75, 3.05) is 44.0 Å². The van der Waals surface area contributed by atoms with Crippen molar-refractivity contribution in [3.63, 3.8) is 0 Å². The second-order valence-corrected chi connectivity index (χ2v) is 13.3. The summed E-state index contributed by atoms with van der Waals surface area (Å²) in [5.41, 5.74) is 2.16.